The minimum atomic E-state index is -2.59. The van der Waals surface area contributed by atoms with Gasteiger partial charge in [-0.2, -0.15) is 0 Å². The average Bonchev–Trinajstić information content (AvgIpc) is 3.09. The van der Waals surface area contributed by atoms with Gasteiger partial charge in [0.2, 0.25) is 0 Å². The van der Waals surface area contributed by atoms with E-state index >= 15 is 0 Å². The molecule has 0 spiro atoms. The monoisotopic (exact) mass is 790 g/mol. The van der Waals surface area contributed by atoms with Gasteiger partial charge in [0, 0.05) is 0 Å². The van der Waals surface area contributed by atoms with Crippen LogP contribution >= 0.6 is 0 Å². The quantitative estimate of drug-likeness (QED) is 0.0692. The number of allylic oxidation sites excluding steroid dienone is 6. The normalized spacial score (nSPS) is 24.5. The van der Waals surface area contributed by atoms with Gasteiger partial charge in [-0.05, 0) is 19.3 Å². The number of carbonyl (C=O) groups excluding carboxylic acids is 2. The van der Waals surface area contributed by atoms with Crippen LogP contribution in [0.25, 0.3) is 0 Å². The SMILES string of the molecule is C#CC[C@H](NC(=O)C(CC1=CCCC=C1)CS(=C)(=O)C1CCC2=C(CCCC2)C1)C(=O)C[I-]C(CC1CCCCC1)[C@@H](O)[C@@H](O)CC#C. The Morgan fingerprint density at radius 1 is 1.00 bits per heavy atom. The average molecular weight is 791 g/mol. The van der Waals surface area contributed by atoms with Crippen molar-refractivity contribution in [3.05, 3.63) is 34.9 Å². The molecule has 266 valence electrons. The van der Waals surface area contributed by atoms with Crippen LogP contribution in [0.5, 0.6) is 0 Å². The summed E-state index contributed by atoms with van der Waals surface area (Å²) in [6.07, 6.45) is 31.8. The van der Waals surface area contributed by atoms with Crippen LogP contribution in [0, 0.1) is 36.5 Å². The summed E-state index contributed by atoms with van der Waals surface area (Å²) in [7, 11) is -2.59. The standard InChI is InChI=1S/C40H57INO5S/c1-4-14-36(38(44)27-41-35(39(45)37(43)15-5-2)25-30-18-10-7-11-19-30)42-40(46)33(24-29-16-8-6-9-17-29)28-48(3,47)34-23-22-31-20-12-13-21-32(31)26-34/h1-2,8,16-17,30,33-37,39,43,45H,3,6-7,9-15,18-28H2,(H,42,46)/q-1/t33?,34?,35?,36-,37-,39+,48?/m0/s1. The van der Waals surface area contributed by atoms with Gasteiger partial charge in [-0.15, -0.1) is 0 Å². The predicted molar refractivity (Wildman–Crippen MR) is 194 cm³/mol. The van der Waals surface area contributed by atoms with E-state index in [-0.39, 0.29) is 43.9 Å². The van der Waals surface area contributed by atoms with E-state index in [4.69, 9.17) is 12.8 Å². The molecule has 4 aliphatic rings. The van der Waals surface area contributed by atoms with E-state index in [9.17, 15) is 24.0 Å². The molecular formula is C40H57INO5S-. The number of ketones is 1. The van der Waals surface area contributed by atoms with E-state index in [2.05, 4.69) is 41.3 Å². The molecule has 0 aromatic rings. The zero-order valence-electron chi connectivity index (χ0n) is 28.7. The van der Waals surface area contributed by atoms with Gasteiger partial charge in [-0.3, -0.25) is 0 Å². The summed E-state index contributed by atoms with van der Waals surface area (Å²) in [5.41, 5.74) is 4.07. The molecule has 0 saturated heterocycles. The number of terminal acetylenes is 2. The Labute approximate surface area is 300 Å². The molecule has 0 aliphatic heterocycles. The molecule has 0 heterocycles. The van der Waals surface area contributed by atoms with E-state index < -0.39 is 54.9 Å². The van der Waals surface area contributed by atoms with Crippen molar-refractivity contribution < 1.29 is 45.2 Å². The third-order valence-corrected chi connectivity index (χ3v) is 16.9. The van der Waals surface area contributed by atoms with E-state index in [1.807, 2.05) is 0 Å². The number of alkyl halides is 2. The first-order valence-corrected chi connectivity index (χ1v) is 22.9. The second kappa shape index (κ2) is 19.5. The molecule has 0 radical (unpaired) electrons. The summed E-state index contributed by atoms with van der Waals surface area (Å²) < 4.78 is 14.4. The van der Waals surface area contributed by atoms with E-state index in [1.165, 1.54) is 37.7 Å². The molecule has 4 rings (SSSR count). The minimum absolute atomic E-state index is 0.0363. The number of hydrogen-bond donors (Lipinski definition) is 3. The third kappa shape index (κ3) is 11.6. The Hall–Kier alpha value is -1.85. The fourth-order valence-corrected chi connectivity index (χ4v) is 13.8. The molecule has 8 heteroatoms. The molecule has 0 aromatic heterocycles. The van der Waals surface area contributed by atoms with Gasteiger partial charge in [0.25, 0.3) is 0 Å². The fraction of sp³-hybridized carbons (Fsp3) is 0.675. The molecule has 6 nitrogen and oxygen atoms in total. The Morgan fingerprint density at radius 2 is 1.73 bits per heavy atom. The van der Waals surface area contributed by atoms with Crippen LogP contribution in [-0.2, 0) is 19.1 Å². The van der Waals surface area contributed by atoms with Crippen molar-refractivity contribution in [2.45, 2.75) is 143 Å². The van der Waals surface area contributed by atoms with Crippen molar-refractivity contribution >= 4 is 27.1 Å². The molecule has 1 saturated carbocycles. The molecule has 4 aliphatic carbocycles. The van der Waals surface area contributed by atoms with E-state index in [1.54, 1.807) is 5.57 Å². The number of nitrogens with one attached hydrogen (secondary N) is 1. The molecule has 0 bridgehead atoms. The van der Waals surface area contributed by atoms with Gasteiger partial charge in [-0.1, -0.05) is 0 Å². The number of amides is 1. The van der Waals surface area contributed by atoms with Gasteiger partial charge in [-0.25, -0.2) is 0 Å². The Morgan fingerprint density at radius 3 is 2.42 bits per heavy atom. The van der Waals surface area contributed by atoms with Crippen molar-refractivity contribution in [3.8, 4) is 24.7 Å². The summed E-state index contributed by atoms with van der Waals surface area (Å²) >= 11 is -0.860. The van der Waals surface area contributed by atoms with Crippen LogP contribution < -0.4 is 26.5 Å². The third-order valence-electron chi connectivity index (χ3n) is 10.8. The van der Waals surface area contributed by atoms with Crippen LogP contribution in [0.1, 0.15) is 116 Å². The van der Waals surface area contributed by atoms with Crippen molar-refractivity contribution in [2.24, 2.45) is 11.8 Å². The van der Waals surface area contributed by atoms with Gasteiger partial charge in [0.1, 0.15) is 0 Å². The Bertz CT molecular complexity index is 1390. The van der Waals surface area contributed by atoms with Crippen molar-refractivity contribution in [2.75, 3.05) is 10.2 Å². The fourth-order valence-electron chi connectivity index (χ4n) is 7.90. The second-order valence-corrected chi connectivity index (χ2v) is 20.4. The predicted octanol–water partition coefficient (Wildman–Crippen LogP) is 2.66. The van der Waals surface area contributed by atoms with E-state index in [0.717, 1.165) is 69.8 Å². The molecule has 7 atom stereocenters. The van der Waals surface area contributed by atoms with Crippen LogP contribution in [0.2, 0.25) is 0 Å². The first-order valence-electron chi connectivity index (χ1n) is 18.1. The summed E-state index contributed by atoms with van der Waals surface area (Å²) in [6, 6.07) is -0.853. The summed E-state index contributed by atoms with van der Waals surface area (Å²) in [5.74, 6) is 8.93. The van der Waals surface area contributed by atoms with Crippen molar-refractivity contribution in [1.29, 1.82) is 0 Å². The summed E-state index contributed by atoms with van der Waals surface area (Å²) in [4.78, 5) is 27.7. The van der Waals surface area contributed by atoms with Crippen LogP contribution in [0.15, 0.2) is 34.9 Å². The maximum atomic E-state index is 14.3. The van der Waals surface area contributed by atoms with Gasteiger partial charge < -0.3 is 0 Å². The number of aliphatic hydroxyl groups excluding tert-OH is 2. The maximum absolute atomic E-state index is 14.3. The number of Topliss-reactive ketones (excluding diaryl/α,β-unsaturated/α-hetero) is 1. The van der Waals surface area contributed by atoms with Crippen molar-refractivity contribution in [1.82, 2.24) is 5.32 Å². The zero-order chi connectivity index (χ0) is 34.5. The number of halogens is 1. The molecule has 48 heavy (non-hydrogen) atoms. The van der Waals surface area contributed by atoms with E-state index in [0.29, 0.717) is 12.3 Å². The molecule has 3 N–H and O–H groups in total. The van der Waals surface area contributed by atoms with Gasteiger partial charge in [0.15, 0.2) is 0 Å². The topological polar surface area (TPSA) is 104 Å². The van der Waals surface area contributed by atoms with Gasteiger partial charge >= 0.3 is 283 Å². The van der Waals surface area contributed by atoms with Crippen molar-refractivity contribution in [3.63, 3.8) is 0 Å². The molecular weight excluding hydrogens is 733 g/mol. The van der Waals surface area contributed by atoms with Crippen LogP contribution in [0.3, 0.4) is 0 Å². The molecule has 1 fully saturated rings. The number of aliphatic hydroxyl groups is 2. The Balaban J connectivity index is 1.45. The number of carbonyl (C=O) groups is 2. The number of hydrogen-bond acceptors (Lipinski definition) is 5. The second-order valence-electron chi connectivity index (χ2n) is 14.4. The first kappa shape index (κ1) is 38.9. The number of rotatable bonds is 17. The molecule has 1 amide bonds. The summed E-state index contributed by atoms with van der Waals surface area (Å²) in [6.45, 7) is 0. The Kier molecular flexibility index (Phi) is 15.8. The van der Waals surface area contributed by atoms with Gasteiger partial charge in [0.05, 0.1) is 0 Å². The van der Waals surface area contributed by atoms with Crippen LogP contribution in [0.4, 0.5) is 0 Å². The summed E-state index contributed by atoms with van der Waals surface area (Å²) in [5, 5.41) is 24.6. The zero-order valence-corrected chi connectivity index (χ0v) is 31.7. The van der Waals surface area contributed by atoms with Crippen LogP contribution in [-0.4, -0.2) is 69.6 Å². The molecule has 0 aromatic carbocycles. The molecule has 4 unspecified atom stereocenters. The first-order chi connectivity index (χ1) is 23.1.